The molecule has 4 rings (SSSR count). The number of aromatic nitrogens is 3. The Morgan fingerprint density at radius 2 is 2.12 bits per heavy atom. The summed E-state index contributed by atoms with van der Waals surface area (Å²) >= 11 is 1.62. The van der Waals surface area contributed by atoms with Gasteiger partial charge in [0.05, 0.1) is 34.3 Å². The van der Waals surface area contributed by atoms with Gasteiger partial charge in [-0.25, -0.2) is 18.7 Å². The molecule has 5 nitrogen and oxygen atoms in total. The fourth-order valence-electron chi connectivity index (χ4n) is 3.48. The summed E-state index contributed by atoms with van der Waals surface area (Å²) in [6.07, 6.45) is -0.620. The third kappa shape index (κ3) is 3.07. The zero-order valence-corrected chi connectivity index (χ0v) is 15.6. The molecule has 2 N–H and O–H groups in total. The lowest BCUT2D eigenvalue weighted by molar-refractivity contribution is 0.243. The Hall–Kier alpha value is -2.06. The molecule has 0 radical (unpaired) electrons. The van der Waals surface area contributed by atoms with E-state index in [9.17, 15) is 8.78 Å². The topological polar surface area (TPSA) is 60.0 Å². The zero-order chi connectivity index (χ0) is 18.4. The largest absolute Gasteiger partial charge is 0.340 e. The summed E-state index contributed by atoms with van der Waals surface area (Å²) in [5, 5.41) is 0.995. The molecule has 1 saturated heterocycles. The van der Waals surface area contributed by atoms with Crippen LogP contribution in [0, 0.1) is 19.7 Å². The lowest BCUT2D eigenvalue weighted by atomic mass is 10.1. The number of hydrogen-bond acceptors (Lipinski definition) is 5. The van der Waals surface area contributed by atoms with Crippen molar-refractivity contribution in [3.63, 3.8) is 0 Å². The molecule has 0 bridgehead atoms. The van der Waals surface area contributed by atoms with Crippen LogP contribution < -0.4 is 10.6 Å². The molecule has 8 heteroatoms. The van der Waals surface area contributed by atoms with E-state index >= 15 is 0 Å². The first-order chi connectivity index (χ1) is 12.4. The van der Waals surface area contributed by atoms with Crippen molar-refractivity contribution in [2.45, 2.75) is 39.0 Å². The molecule has 1 unspecified atom stereocenters. The first-order valence-corrected chi connectivity index (χ1v) is 9.47. The van der Waals surface area contributed by atoms with Crippen LogP contribution in [-0.2, 0) is 6.54 Å². The fourth-order valence-corrected chi connectivity index (χ4v) is 4.41. The lowest BCUT2D eigenvalue weighted by Gasteiger charge is -2.34. The van der Waals surface area contributed by atoms with Gasteiger partial charge in [0.25, 0.3) is 0 Å². The number of fused-ring (bicyclic) bond motifs is 1. The van der Waals surface area contributed by atoms with Crippen molar-refractivity contribution in [1.82, 2.24) is 14.5 Å². The number of nitrogens with two attached hydrogens (primary N) is 1. The van der Waals surface area contributed by atoms with Crippen LogP contribution in [0.1, 0.15) is 22.0 Å². The van der Waals surface area contributed by atoms with Gasteiger partial charge >= 0.3 is 0 Å². The summed E-state index contributed by atoms with van der Waals surface area (Å²) in [7, 11) is 0. The lowest BCUT2D eigenvalue weighted by Crippen LogP contribution is -2.50. The summed E-state index contributed by atoms with van der Waals surface area (Å²) < 4.78 is 29.7. The van der Waals surface area contributed by atoms with Gasteiger partial charge in [-0.05, 0) is 38.5 Å². The molecule has 0 aliphatic carbocycles. The third-order valence-electron chi connectivity index (χ3n) is 4.84. The number of halogens is 2. The van der Waals surface area contributed by atoms with E-state index in [4.69, 9.17) is 10.7 Å². The first-order valence-electron chi connectivity index (χ1n) is 8.65. The van der Waals surface area contributed by atoms with Gasteiger partial charge in [0.15, 0.2) is 0 Å². The van der Waals surface area contributed by atoms with E-state index in [-0.39, 0.29) is 5.82 Å². The Kier molecular flexibility index (Phi) is 4.40. The molecule has 2 atom stereocenters. The number of benzene rings is 1. The van der Waals surface area contributed by atoms with Gasteiger partial charge in [-0.2, -0.15) is 0 Å². The maximum Gasteiger partial charge on any atom is 0.206 e. The van der Waals surface area contributed by atoms with Crippen molar-refractivity contribution in [2.24, 2.45) is 5.73 Å². The first kappa shape index (κ1) is 17.4. The molecule has 1 aliphatic heterocycles. The van der Waals surface area contributed by atoms with Crippen molar-refractivity contribution in [3.05, 3.63) is 39.6 Å². The Balaban J connectivity index is 1.80. The molecule has 2 aromatic heterocycles. The van der Waals surface area contributed by atoms with E-state index in [2.05, 4.69) is 4.98 Å². The quantitative estimate of drug-likeness (QED) is 0.762. The van der Waals surface area contributed by atoms with E-state index in [1.807, 2.05) is 23.3 Å². The molecule has 3 aromatic rings. The fraction of sp³-hybridized carbons (Fsp3) is 0.444. The number of aryl methyl sites for hydroxylation is 2. The van der Waals surface area contributed by atoms with Crippen LogP contribution in [0.3, 0.4) is 0 Å². The van der Waals surface area contributed by atoms with Gasteiger partial charge in [0.1, 0.15) is 12.0 Å². The molecular formula is C18H21F2N5S. The standard InChI is InChI=1S/C18H21F2N5S/c1-10-17(26-11(2)22-10)9-25-16-7-12(19)3-4-15(16)23-18(25)24-6-5-13(20)14(21)8-24/h3-4,7,13-14H,5-6,8-9,21H2,1-2H3/t13?,14-/m1/s1. The van der Waals surface area contributed by atoms with E-state index in [0.29, 0.717) is 32.0 Å². The second kappa shape index (κ2) is 6.59. The van der Waals surface area contributed by atoms with E-state index in [1.54, 1.807) is 17.4 Å². The average molecular weight is 377 g/mol. The number of nitrogens with zero attached hydrogens (tertiary/aromatic N) is 4. The summed E-state index contributed by atoms with van der Waals surface area (Å²) in [6, 6.07) is 4.04. The van der Waals surface area contributed by atoms with Gasteiger partial charge in [0, 0.05) is 18.0 Å². The highest BCUT2D eigenvalue weighted by molar-refractivity contribution is 7.11. The normalized spacial score (nSPS) is 20.9. The van der Waals surface area contributed by atoms with E-state index < -0.39 is 12.2 Å². The van der Waals surface area contributed by atoms with Crippen molar-refractivity contribution >= 4 is 28.3 Å². The summed E-state index contributed by atoms with van der Waals surface area (Å²) in [6.45, 7) is 5.44. The Morgan fingerprint density at radius 3 is 2.81 bits per heavy atom. The predicted molar refractivity (Wildman–Crippen MR) is 100 cm³/mol. The highest BCUT2D eigenvalue weighted by Gasteiger charge is 2.29. The minimum Gasteiger partial charge on any atom is -0.340 e. The molecule has 0 spiro atoms. The Labute approximate surface area is 154 Å². The summed E-state index contributed by atoms with van der Waals surface area (Å²) in [5.74, 6) is 0.403. The molecule has 1 aromatic carbocycles. The van der Waals surface area contributed by atoms with Crippen LogP contribution in [0.25, 0.3) is 11.0 Å². The van der Waals surface area contributed by atoms with Crippen LogP contribution >= 0.6 is 11.3 Å². The number of alkyl halides is 1. The molecular weight excluding hydrogens is 356 g/mol. The highest BCUT2D eigenvalue weighted by atomic mass is 32.1. The summed E-state index contributed by atoms with van der Waals surface area (Å²) in [4.78, 5) is 12.3. The van der Waals surface area contributed by atoms with Crippen molar-refractivity contribution in [1.29, 1.82) is 0 Å². The molecule has 0 saturated carbocycles. The molecule has 1 aliphatic rings. The minimum absolute atomic E-state index is 0.304. The maximum atomic E-state index is 13.9. The summed E-state index contributed by atoms with van der Waals surface area (Å²) in [5.41, 5.74) is 8.34. The van der Waals surface area contributed by atoms with Gasteiger partial charge in [0.2, 0.25) is 5.95 Å². The van der Waals surface area contributed by atoms with Crippen LogP contribution in [0.4, 0.5) is 14.7 Å². The van der Waals surface area contributed by atoms with Crippen molar-refractivity contribution in [3.8, 4) is 0 Å². The smallest absolute Gasteiger partial charge is 0.206 e. The van der Waals surface area contributed by atoms with Crippen LogP contribution in [0.2, 0.25) is 0 Å². The van der Waals surface area contributed by atoms with Gasteiger partial charge in [-0.3, -0.25) is 0 Å². The van der Waals surface area contributed by atoms with Crippen LogP contribution in [-0.4, -0.2) is 39.8 Å². The van der Waals surface area contributed by atoms with Gasteiger partial charge in [-0.1, -0.05) is 0 Å². The highest BCUT2D eigenvalue weighted by Crippen LogP contribution is 2.29. The number of hydrogen-bond donors (Lipinski definition) is 1. The van der Waals surface area contributed by atoms with Gasteiger partial charge < -0.3 is 15.2 Å². The van der Waals surface area contributed by atoms with Crippen molar-refractivity contribution < 1.29 is 8.78 Å². The molecule has 1 fully saturated rings. The third-order valence-corrected chi connectivity index (χ3v) is 5.90. The molecule has 138 valence electrons. The number of imidazole rings is 1. The maximum absolute atomic E-state index is 13.9. The van der Waals surface area contributed by atoms with E-state index in [0.717, 1.165) is 26.6 Å². The SMILES string of the molecule is Cc1nc(C)c(Cn2c(N3CCC(F)[C@H](N)C3)nc3ccc(F)cc32)s1. The molecule has 3 heterocycles. The van der Waals surface area contributed by atoms with Crippen LogP contribution in [0.5, 0.6) is 0 Å². The second-order valence-corrected chi connectivity index (χ2v) is 8.07. The predicted octanol–water partition coefficient (Wildman–Crippen LogP) is 3.17. The zero-order valence-electron chi connectivity index (χ0n) is 14.7. The monoisotopic (exact) mass is 377 g/mol. The van der Waals surface area contributed by atoms with Gasteiger partial charge in [-0.15, -0.1) is 11.3 Å². The van der Waals surface area contributed by atoms with Crippen LogP contribution in [0.15, 0.2) is 18.2 Å². The number of piperidine rings is 1. The Morgan fingerprint density at radius 1 is 1.31 bits per heavy atom. The number of thiazole rings is 1. The number of rotatable bonds is 3. The number of anilines is 1. The minimum atomic E-state index is -0.993. The molecule has 0 amide bonds. The van der Waals surface area contributed by atoms with Crippen molar-refractivity contribution in [2.75, 3.05) is 18.0 Å². The van der Waals surface area contributed by atoms with E-state index in [1.165, 1.54) is 12.1 Å². The second-order valence-electron chi connectivity index (χ2n) is 6.79. The molecule has 26 heavy (non-hydrogen) atoms. The average Bonchev–Trinajstić information content (AvgIpc) is 3.10. The Bertz CT molecular complexity index is 951.